The van der Waals surface area contributed by atoms with Gasteiger partial charge in [0.25, 0.3) is 0 Å². The molecule has 0 bridgehead atoms. The van der Waals surface area contributed by atoms with Gasteiger partial charge in [-0.2, -0.15) is 0 Å². The fourth-order valence-electron chi connectivity index (χ4n) is 1.40. The number of benzene rings is 1. The van der Waals surface area contributed by atoms with E-state index in [1.807, 2.05) is 0 Å². The molecule has 0 fully saturated rings. The fourth-order valence-corrected chi connectivity index (χ4v) is 1.57. The summed E-state index contributed by atoms with van der Waals surface area (Å²) >= 11 is 5.85. The molecule has 0 aliphatic heterocycles. The van der Waals surface area contributed by atoms with E-state index in [4.69, 9.17) is 32.2 Å². The van der Waals surface area contributed by atoms with Crippen LogP contribution in [-0.4, -0.2) is 25.7 Å². The summed E-state index contributed by atoms with van der Waals surface area (Å²) < 4.78 is 10.9. The van der Waals surface area contributed by atoms with Crippen molar-refractivity contribution in [1.29, 1.82) is 5.41 Å². The van der Waals surface area contributed by atoms with E-state index < -0.39 is 0 Å². The van der Waals surface area contributed by atoms with Gasteiger partial charge in [0, 0.05) is 11.6 Å². The van der Waals surface area contributed by atoms with Crippen LogP contribution in [0.1, 0.15) is 25.3 Å². The van der Waals surface area contributed by atoms with Crippen molar-refractivity contribution in [2.75, 3.05) is 19.8 Å². The molecule has 0 aliphatic carbocycles. The van der Waals surface area contributed by atoms with Crippen molar-refractivity contribution in [3.63, 3.8) is 0 Å². The number of hydrogen-bond acceptors (Lipinski definition) is 3. The lowest BCUT2D eigenvalue weighted by Crippen LogP contribution is -2.15. The zero-order valence-corrected chi connectivity index (χ0v) is 11.3. The van der Waals surface area contributed by atoms with E-state index in [0.717, 1.165) is 19.4 Å². The van der Waals surface area contributed by atoms with Crippen LogP contribution in [0, 0.1) is 5.41 Å². The Labute approximate surface area is 113 Å². The molecule has 0 radical (unpaired) electrons. The van der Waals surface area contributed by atoms with Gasteiger partial charge in [-0.1, -0.05) is 24.9 Å². The Morgan fingerprint density at radius 2 is 2.11 bits per heavy atom. The second-order valence-electron chi connectivity index (χ2n) is 3.87. The lowest BCUT2D eigenvalue weighted by Gasteiger charge is -2.11. The molecule has 18 heavy (non-hydrogen) atoms. The molecule has 0 aromatic heterocycles. The van der Waals surface area contributed by atoms with Crippen LogP contribution < -0.4 is 10.5 Å². The summed E-state index contributed by atoms with van der Waals surface area (Å²) in [4.78, 5) is 0. The Kier molecular flexibility index (Phi) is 6.54. The van der Waals surface area contributed by atoms with Gasteiger partial charge in [-0.3, -0.25) is 5.41 Å². The van der Waals surface area contributed by atoms with Gasteiger partial charge in [-0.05, 0) is 24.6 Å². The second-order valence-corrected chi connectivity index (χ2v) is 4.30. The molecular weight excluding hydrogens is 252 g/mol. The minimum Gasteiger partial charge on any atom is -0.490 e. The van der Waals surface area contributed by atoms with Crippen molar-refractivity contribution in [2.24, 2.45) is 5.73 Å². The van der Waals surface area contributed by atoms with Crippen LogP contribution in [-0.2, 0) is 4.74 Å². The number of unbranched alkanes of at least 4 members (excludes halogenated alkanes) is 1. The highest BCUT2D eigenvalue weighted by Crippen LogP contribution is 2.22. The molecule has 1 rings (SSSR count). The Bertz CT molecular complexity index is 397. The maximum absolute atomic E-state index is 7.45. The largest absolute Gasteiger partial charge is 0.490 e. The van der Waals surface area contributed by atoms with Crippen LogP contribution >= 0.6 is 11.6 Å². The molecule has 5 heteroatoms. The minimum atomic E-state index is -0.0561. The zero-order valence-electron chi connectivity index (χ0n) is 10.5. The van der Waals surface area contributed by atoms with Gasteiger partial charge in [-0.15, -0.1) is 0 Å². The average Bonchev–Trinajstić information content (AvgIpc) is 2.35. The quantitative estimate of drug-likeness (QED) is 0.434. The molecule has 0 unspecified atom stereocenters. The molecule has 0 saturated carbocycles. The lowest BCUT2D eigenvalue weighted by molar-refractivity contribution is 0.0980. The monoisotopic (exact) mass is 270 g/mol. The Hall–Kier alpha value is -1.26. The van der Waals surface area contributed by atoms with Gasteiger partial charge in [0.05, 0.1) is 12.2 Å². The molecule has 3 N–H and O–H groups in total. The van der Waals surface area contributed by atoms with E-state index >= 15 is 0 Å². The number of ether oxygens (including phenoxy) is 2. The molecule has 0 heterocycles. The standard InChI is InChI=1S/C13H19ClN2O2/c1-2-3-6-17-7-8-18-12-5-4-10(14)9-11(12)13(15)16/h4-5,9H,2-3,6-8H2,1H3,(H3,15,16). The molecule has 4 nitrogen and oxygen atoms in total. The van der Waals surface area contributed by atoms with Crippen molar-refractivity contribution in [3.8, 4) is 5.75 Å². The van der Waals surface area contributed by atoms with Crippen molar-refractivity contribution in [3.05, 3.63) is 28.8 Å². The number of hydrogen-bond donors (Lipinski definition) is 2. The van der Waals surface area contributed by atoms with Gasteiger partial charge >= 0.3 is 0 Å². The summed E-state index contributed by atoms with van der Waals surface area (Å²) in [5.74, 6) is 0.505. The van der Waals surface area contributed by atoms with Crippen molar-refractivity contribution in [2.45, 2.75) is 19.8 Å². The van der Waals surface area contributed by atoms with Gasteiger partial charge in [0.2, 0.25) is 0 Å². The van der Waals surface area contributed by atoms with E-state index in [1.165, 1.54) is 0 Å². The predicted octanol–water partition coefficient (Wildman–Crippen LogP) is 2.82. The van der Waals surface area contributed by atoms with E-state index in [1.54, 1.807) is 18.2 Å². The Balaban J connectivity index is 2.44. The van der Waals surface area contributed by atoms with Crippen molar-refractivity contribution < 1.29 is 9.47 Å². The lowest BCUT2D eigenvalue weighted by atomic mass is 10.2. The van der Waals surface area contributed by atoms with Gasteiger partial charge in [-0.25, -0.2) is 0 Å². The first kappa shape index (κ1) is 14.8. The Morgan fingerprint density at radius 1 is 1.33 bits per heavy atom. The molecule has 0 amide bonds. The topological polar surface area (TPSA) is 68.3 Å². The number of halogens is 1. The summed E-state index contributed by atoms with van der Waals surface area (Å²) in [5.41, 5.74) is 5.98. The van der Waals surface area contributed by atoms with Gasteiger partial charge in [0.15, 0.2) is 0 Å². The van der Waals surface area contributed by atoms with E-state index in [9.17, 15) is 0 Å². The Morgan fingerprint density at radius 3 is 2.78 bits per heavy atom. The molecular formula is C13H19ClN2O2. The molecule has 1 aromatic rings. The maximum Gasteiger partial charge on any atom is 0.130 e. The predicted molar refractivity (Wildman–Crippen MR) is 73.7 cm³/mol. The summed E-state index contributed by atoms with van der Waals surface area (Å²) in [7, 11) is 0. The molecule has 0 spiro atoms. The van der Waals surface area contributed by atoms with Crippen LogP contribution in [0.4, 0.5) is 0 Å². The SMILES string of the molecule is CCCCOCCOc1ccc(Cl)cc1C(=N)N. The smallest absolute Gasteiger partial charge is 0.130 e. The van der Waals surface area contributed by atoms with Crippen LogP contribution in [0.5, 0.6) is 5.75 Å². The second kappa shape index (κ2) is 7.95. The van der Waals surface area contributed by atoms with E-state index in [0.29, 0.717) is 29.5 Å². The number of nitrogen functional groups attached to an aromatic ring is 1. The third kappa shape index (κ3) is 4.94. The van der Waals surface area contributed by atoms with Crippen molar-refractivity contribution in [1.82, 2.24) is 0 Å². The fraction of sp³-hybridized carbons (Fsp3) is 0.462. The highest BCUT2D eigenvalue weighted by Gasteiger charge is 2.07. The van der Waals surface area contributed by atoms with Crippen LogP contribution in [0.25, 0.3) is 0 Å². The van der Waals surface area contributed by atoms with Gasteiger partial charge in [0.1, 0.15) is 18.2 Å². The van der Waals surface area contributed by atoms with E-state index in [2.05, 4.69) is 6.92 Å². The van der Waals surface area contributed by atoms with Gasteiger partial charge < -0.3 is 15.2 Å². The molecule has 1 aromatic carbocycles. The normalized spacial score (nSPS) is 10.3. The van der Waals surface area contributed by atoms with Crippen LogP contribution in [0.2, 0.25) is 5.02 Å². The summed E-state index contributed by atoms with van der Waals surface area (Å²) in [6.45, 7) is 3.83. The third-order valence-electron chi connectivity index (χ3n) is 2.36. The number of rotatable bonds is 8. The third-order valence-corrected chi connectivity index (χ3v) is 2.59. The van der Waals surface area contributed by atoms with Crippen molar-refractivity contribution >= 4 is 17.4 Å². The number of nitrogens with one attached hydrogen (secondary N) is 1. The highest BCUT2D eigenvalue weighted by atomic mass is 35.5. The zero-order chi connectivity index (χ0) is 13.4. The van der Waals surface area contributed by atoms with E-state index in [-0.39, 0.29) is 5.84 Å². The average molecular weight is 271 g/mol. The first-order chi connectivity index (χ1) is 8.65. The number of nitrogens with two attached hydrogens (primary N) is 1. The molecule has 0 saturated heterocycles. The van der Waals surface area contributed by atoms with Crippen LogP contribution in [0.3, 0.4) is 0 Å². The molecule has 0 aliphatic rings. The number of amidine groups is 1. The highest BCUT2D eigenvalue weighted by molar-refractivity contribution is 6.31. The summed E-state index contributed by atoms with van der Waals surface area (Å²) in [6, 6.07) is 5.05. The summed E-state index contributed by atoms with van der Waals surface area (Å²) in [6.07, 6.45) is 2.17. The first-order valence-electron chi connectivity index (χ1n) is 5.99. The molecule has 0 atom stereocenters. The maximum atomic E-state index is 7.45. The minimum absolute atomic E-state index is 0.0561. The summed E-state index contributed by atoms with van der Waals surface area (Å²) in [5, 5.41) is 7.99. The first-order valence-corrected chi connectivity index (χ1v) is 6.37. The van der Waals surface area contributed by atoms with Crippen LogP contribution in [0.15, 0.2) is 18.2 Å². The molecule has 100 valence electrons.